The number of halogens is 3. The van der Waals surface area contributed by atoms with Gasteiger partial charge in [-0.25, -0.2) is 0 Å². The summed E-state index contributed by atoms with van der Waals surface area (Å²) in [4.78, 5) is 14.1. The first kappa shape index (κ1) is 18.3. The Bertz CT molecular complexity index is 778. The number of carbonyl (C=O) groups excluding carboxylic acids is 1. The summed E-state index contributed by atoms with van der Waals surface area (Å²) in [5.74, 6) is -0.464. The average molecular weight is 364 g/mol. The van der Waals surface area contributed by atoms with Crippen LogP contribution in [-0.4, -0.2) is 30.0 Å². The van der Waals surface area contributed by atoms with Gasteiger partial charge in [-0.2, -0.15) is 13.2 Å². The van der Waals surface area contributed by atoms with Crippen molar-refractivity contribution in [3.63, 3.8) is 0 Å². The summed E-state index contributed by atoms with van der Waals surface area (Å²) < 4.78 is 44.5. The van der Waals surface area contributed by atoms with Gasteiger partial charge in [0, 0.05) is 24.3 Å². The van der Waals surface area contributed by atoms with E-state index in [4.69, 9.17) is 10.5 Å². The molecular weight excluding hydrogens is 345 g/mol. The van der Waals surface area contributed by atoms with Crippen molar-refractivity contribution in [1.29, 1.82) is 0 Å². The van der Waals surface area contributed by atoms with Gasteiger partial charge in [0.2, 0.25) is 0 Å². The highest BCUT2D eigenvalue weighted by molar-refractivity contribution is 5.95. The Morgan fingerprint density at radius 3 is 2.62 bits per heavy atom. The molecule has 0 bridgehead atoms. The van der Waals surface area contributed by atoms with E-state index < -0.39 is 17.6 Å². The Balaban J connectivity index is 1.63. The lowest BCUT2D eigenvalue weighted by atomic mass is 10.1. The highest BCUT2D eigenvalue weighted by atomic mass is 19.4. The third kappa shape index (κ3) is 4.35. The number of hydrogen-bond donors (Lipinski definition) is 1. The van der Waals surface area contributed by atoms with E-state index in [0.29, 0.717) is 26.1 Å². The first-order chi connectivity index (χ1) is 12.3. The van der Waals surface area contributed by atoms with Crippen LogP contribution < -0.4 is 5.73 Å². The summed E-state index contributed by atoms with van der Waals surface area (Å²) >= 11 is 0. The SMILES string of the molecule is Nc1cc(C(=O)N2CC[C@@H](OCc3ccccc3)C2)cc(C(F)(F)F)c1. The van der Waals surface area contributed by atoms with Gasteiger partial charge in [0.15, 0.2) is 0 Å². The second-order valence-corrected chi connectivity index (χ2v) is 6.30. The molecule has 1 fully saturated rings. The standard InChI is InChI=1S/C19H19F3N2O2/c20-19(21,22)15-8-14(9-16(23)10-15)18(25)24-7-6-17(11-24)26-12-13-4-2-1-3-5-13/h1-5,8-10,17H,6-7,11-12,23H2/t17-/m1/s1. The molecule has 0 aromatic heterocycles. The van der Waals surface area contributed by atoms with Gasteiger partial charge in [0.25, 0.3) is 5.91 Å². The third-order valence-corrected chi connectivity index (χ3v) is 4.29. The Morgan fingerprint density at radius 1 is 1.19 bits per heavy atom. The third-order valence-electron chi connectivity index (χ3n) is 4.29. The van der Waals surface area contributed by atoms with Crippen LogP contribution in [0.5, 0.6) is 0 Å². The van der Waals surface area contributed by atoms with Crippen molar-refractivity contribution in [3.05, 3.63) is 65.2 Å². The quantitative estimate of drug-likeness (QED) is 0.842. The molecule has 1 aliphatic rings. The molecule has 1 aliphatic heterocycles. The van der Waals surface area contributed by atoms with Crippen molar-refractivity contribution < 1.29 is 22.7 Å². The van der Waals surface area contributed by atoms with Crippen LogP contribution in [0.25, 0.3) is 0 Å². The van der Waals surface area contributed by atoms with Gasteiger partial charge in [-0.3, -0.25) is 4.79 Å². The zero-order valence-electron chi connectivity index (χ0n) is 14.0. The summed E-state index contributed by atoms with van der Waals surface area (Å²) in [5, 5.41) is 0. The van der Waals surface area contributed by atoms with E-state index in [9.17, 15) is 18.0 Å². The number of amides is 1. The van der Waals surface area contributed by atoms with E-state index in [1.54, 1.807) is 0 Å². The van der Waals surface area contributed by atoms with Crippen LogP contribution in [-0.2, 0) is 17.5 Å². The van der Waals surface area contributed by atoms with Gasteiger partial charge >= 0.3 is 6.18 Å². The largest absolute Gasteiger partial charge is 0.416 e. The normalized spacial score (nSPS) is 17.5. The molecule has 4 nitrogen and oxygen atoms in total. The Hall–Kier alpha value is -2.54. The number of nitrogen functional groups attached to an aromatic ring is 1. The maximum Gasteiger partial charge on any atom is 0.416 e. The van der Waals surface area contributed by atoms with Crippen LogP contribution in [0.2, 0.25) is 0 Å². The number of rotatable bonds is 4. The monoisotopic (exact) mass is 364 g/mol. The van der Waals surface area contributed by atoms with Crippen LogP contribution in [0.15, 0.2) is 48.5 Å². The van der Waals surface area contributed by atoms with Crippen LogP contribution >= 0.6 is 0 Å². The number of nitrogens with zero attached hydrogens (tertiary/aromatic N) is 1. The van der Waals surface area contributed by atoms with Crippen molar-refractivity contribution in [1.82, 2.24) is 4.90 Å². The number of hydrogen-bond acceptors (Lipinski definition) is 3. The maximum absolute atomic E-state index is 12.9. The predicted molar refractivity (Wildman–Crippen MR) is 91.4 cm³/mol. The molecular formula is C19H19F3N2O2. The van der Waals surface area contributed by atoms with E-state index in [-0.39, 0.29) is 17.4 Å². The number of benzene rings is 2. The molecule has 2 N–H and O–H groups in total. The molecule has 1 amide bonds. The predicted octanol–water partition coefficient (Wildman–Crippen LogP) is 3.72. The zero-order chi connectivity index (χ0) is 18.7. The Labute approximate surface area is 149 Å². The van der Waals surface area contributed by atoms with Crippen molar-refractivity contribution in [2.75, 3.05) is 18.8 Å². The second-order valence-electron chi connectivity index (χ2n) is 6.30. The van der Waals surface area contributed by atoms with E-state index in [1.807, 2.05) is 30.3 Å². The summed E-state index contributed by atoms with van der Waals surface area (Å²) in [7, 11) is 0. The number of carbonyl (C=O) groups is 1. The van der Waals surface area contributed by atoms with Crippen molar-refractivity contribution in [2.24, 2.45) is 0 Å². The molecule has 138 valence electrons. The van der Waals surface area contributed by atoms with Crippen LogP contribution in [0, 0.1) is 0 Å². The second kappa shape index (κ2) is 7.37. The molecule has 26 heavy (non-hydrogen) atoms. The minimum atomic E-state index is -4.54. The summed E-state index contributed by atoms with van der Waals surface area (Å²) in [6, 6.07) is 12.6. The van der Waals surface area contributed by atoms with E-state index in [2.05, 4.69) is 0 Å². The Kier molecular flexibility index (Phi) is 5.18. The molecule has 3 rings (SSSR count). The Morgan fingerprint density at radius 2 is 1.92 bits per heavy atom. The molecule has 0 unspecified atom stereocenters. The molecule has 0 saturated carbocycles. The van der Waals surface area contributed by atoms with Crippen molar-refractivity contribution in [3.8, 4) is 0 Å². The number of anilines is 1. The lowest BCUT2D eigenvalue weighted by Crippen LogP contribution is -2.30. The molecule has 2 aromatic rings. The van der Waals surface area contributed by atoms with Crippen LogP contribution in [0.1, 0.15) is 27.9 Å². The molecule has 2 aromatic carbocycles. The highest BCUT2D eigenvalue weighted by Crippen LogP contribution is 2.32. The number of alkyl halides is 3. The lowest BCUT2D eigenvalue weighted by Gasteiger charge is -2.18. The van der Waals surface area contributed by atoms with Gasteiger partial charge in [0.1, 0.15) is 0 Å². The first-order valence-corrected chi connectivity index (χ1v) is 8.25. The maximum atomic E-state index is 12.9. The molecule has 0 radical (unpaired) electrons. The van der Waals surface area contributed by atoms with Gasteiger partial charge in [-0.15, -0.1) is 0 Å². The van der Waals surface area contributed by atoms with Gasteiger partial charge in [-0.1, -0.05) is 30.3 Å². The molecule has 1 saturated heterocycles. The lowest BCUT2D eigenvalue weighted by molar-refractivity contribution is -0.137. The van der Waals surface area contributed by atoms with Crippen molar-refractivity contribution >= 4 is 11.6 Å². The minimum Gasteiger partial charge on any atom is -0.399 e. The van der Waals surface area contributed by atoms with E-state index >= 15 is 0 Å². The molecule has 0 aliphatic carbocycles. The van der Waals surface area contributed by atoms with Crippen LogP contribution in [0.4, 0.5) is 18.9 Å². The van der Waals surface area contributed by atoms with Gasteiger partial charge < -0.3 is 15.4 Å². The first-order valence-electron chi connectivity index (χ1n) is 8.25. The molecule has 7 heteroatoms. The van der Waals surface area contributed by atoms with Gasteiger partial charge in [0.05, 0.1) is 18.3 Å². The fraction of sp³-hybridized carbons (Fsp3) is 0.316. The summed E-state index contributed by atoms with van der Waals surface area (Å²) in [6.07, 6.45) is -4.04. The minimum absolute atomic E-state index is 0.0546. The van der Waals surface area contributed by atoms with Crippen LogP contribution in [0.3, 0.4) is 0 Å². The van der Waals surface area contributed by atoms with Gasteiger partial charge in [-0.05, 0) is 30.2 Å². The molecule has 1 heterocycles. The number of nitrogens with two attached hydrogens (primary N) is 1. The number of ether oxygens (including phenoxy) is 1. The average Bonchev–Trinajstić information content (AvgIpc) is 3.08. The van der Waals surface area contributed by atoms with E-state index in [0.717, 1.165) is 17.7 Å². The number of likely N-dealkylation sites (tertiary alicyclic amines) is 1. The topological polar surface area (TPSA) is 55.6 Å². The smallest absolute Gasteiger partial charge is 0.399 e. The van der Waals surface area contributed by atoms with E-state index in [1.165, 1.54) is 11.0 Å². The fourth-order valence-electron chi connectivity index (χ4n) is 2.96. The summed E-state index contributed by atoms with van der Waals surface area (Å²) in [5.41, 5.74) is 5.51. The zero-order valence-corrected chi connectivity index (χ0v) is 14.0. The molecule has 0 spiro atoms. The summed E-state index contributed by atoms with van der Waals surface area (Å²) in [6.45, 7) is 1.22. The fourth-order valence-corrected chi connectivity index (χ4v) is 2.96. The highest BCUT2D eigenvalue weighted by Gasteiger charge is 2.33. The van der Waals surface area contributed by atoms with Crippen molar-refractivity contribution in [2.45, 2.75) is 25.3 Å². The molecule has 1 atom stereocenters.